The largest absolute Gasteiger partial charge is 0.383 e. The molecule has 0 aromatic heterocycles. The zero-order valence-corrected chi connectivity index (χ0v) is 21.9. The molecule has 1 amide bonds. The first kappa shape index (κ1) is 26.9. The number of amides is 1. The highest BCUT2D eigenvalue weighted by Crippen LogP contribution is 2.26. The van der Waals surface area contributed by atoms with Gasteiger partial charge in [-0.3, -0.25) is 14.7 Å². The number of benzene rings is 1. The lowest BCUT2D eigenvalue weighted by molar-refractivity contribution is -0.127. The smallest absolute Gasteiger partial charge is 0.223 e. The normalized spacial score (nSPS) is 18.7. The molecule has 1 atom stereocenters. The molecule has 1 aromatic rings. The zero-order valence-electron chi connectivity index (χ0n) is 19.6. The molecular formula is C24H40IN5O2. The van der Waals surface area contributed by atoms with Crippen LogP contribution in [0.5, 0.6) is 0 Å². The molecule has 1 aromatic carbocycles. The molecule has 1 heterocycles. The maximum absolute atomic E-state index is 12.4. The van der Waals surface area contributed by atoms with E-state index in [1.165, 1.54) is 18.4 Å². The van der Waals surface area contributed by atoms with Gasteiger partial charge in [-0.05, 0) is 31.7 Å². The van der Waals surface area contributed by atoms with Gasteiger partial charge in [0.05, 0.1) is 6.61 Å². The van der Waals surface area contributed by atoms with Gasteiger partial charge in [-0.25, -0.2) is 0 Å². The maximum Gasteiger partial charge on any atom is 0.223 e. The molecule has 0 spiro atoms. The second kappa shape index (κ2) is 14.7. The Hall–Kier alpha value is -1.39. The number of halogens is 1. The number of ether oxygens (including phenoxy) is 1. The summed E-state index contributed by atoms with van der Waals surface area (Å²) in [4.78, 5) is 21.7. The molecule has 1 aliphatic heterocycles. The number of methoxy groups -OCH3 is 1. The Kier molecular flexibility index (Phi) is 12.3. The average molecular weight is 558 g/mol. The van der Waals surface area contributed by atoms with Gasteiger partial charge in [0.2, 0.25) is 5.91 Å². The summed E-state index contributed by atoms with van der Waals surface area (Å²) >= 11 is 0. The molecule has 1 unspecified atom stereocenters. The molecule has 0 radical (unpaired) electrons. The first-order valence-electron chi connectivity index (χ1n) is 11.8. The van der Waals surface area contributed by atoms with Gasteiger partial charge < -0.3 is 20.3 Å². The molecule has 1 saturated carbocycles. The minimum absolute atomic E-state index is 0. The van der Waals surface area contributed by atoms with Crippen LogP contribution in [0.25, 0.3) is 0 Å². The van der Waals surface area contributed by atoms with Gasteiger partial charge in [0.15, 0.2) is 5.96 Å². The van der Waals surface area contributed by atoms with Crippen molar-refractivity contribution in [2.75, 3.05) is 59.5 Å². The third kappa shape index (κ3) is 9.23. The van der Waals surface area contributed by atoms with Gasteiger partial charge in [-0.2, -0.15) is 0 Å². The molecule has 2 aliphatic rings. The SMILES string of the molecule is CCNC(=NCC1CC(=O)N(CCc2ccccc2)C1)NCCN(CCOC)C1CC1.I. The number of nitrogens with one attached hydrogen (secondary N) is 2. The van der Waals surface area contributed by atoms with Crippen molar-refractivity contribution in [2.45, 2.75) is 38.6 Å². The van der Waals surface area contributed by atoms with Gasteiger partial charge in [0.25, 0.3) is 0 Å². The van der Waals surface area contributed by atoms with Crippen molar-refractivity contribution in [1.82, 2.24) is 20.4 Å². The van der Waals surface area contributed by atoms with Crippen molar-refractivity contribution in [1.29, 1.82) is 0 Å². The van der Waals surface area contributed by atoms with E-state index in [1.807, 2.05) is 11.0 Å². The summed E-state index contributed by atoms with van der Waals surface area (Å²) in [6.07, 6.45) is 4.11. The van der Waals surface area contributed by atoms with Crippen LogP contribution in [-0.4, -0.2) is 87.2 Å². The number of hydrogen-bond donors (Lipinski definition) is 2. The van der Waals surface area contributed by atoms with Crippen LogP contribution in [-0.2, 0) is 16.0 Å². The van der Waals surface area contributed by atoms with E-state index >= 15 is 0 Å². The molecule has 2 fully saturated rings. The minimum Gasteiger partial charge on any atom is -0.383 e. The van der Waals surface area contributed by atoms with E-state index in [0.29, 0.717) is 18.9 Å². The summed E-state index contributed by atoms with van der Waals surface area (Å²) < 4.78 is 5.24. The number of carbonyl (C=O) groups is 1. The first-order valence-corrected chi connectivity index (χ1v) is 11.8. The summed E-state index contributed by atoms with van der Waals surface area (Å²) in [5.74, 6) is 1.40. The third-order valence-electron chi connectivity index (χ3n) is 6.00. The monoisotopic (exact) mass is 557 g/mol. The van der Waals surface area contributed by atoms with Gasteiger partial charge in [0.1, 0.15) is 0 Å². The molecular weight excluding hydrogens is 517 g/mol. The van der Waals surface area contributed by atoms with E-state index < -0.39 is 0 Å². The Balaban J connectivity index is 0.00000363. The van der Waals surface area contributed by atoms with E-state index in [2.05, 4.69) is 46.7 Å². The van der Waals surface area contributed by atoms with Crippen LogP contribution in [0, 0.1) is 5.92 Å². The molecule has 0 bridgehead atoms. The number of guanidine groups is 1. The summed E-state index contributed by atoms with van der Waals surface area (Å²) in [6, 6.07) is 11.1. The zero-order chi connectivity index (χ0) is 21.9. The Labute approximate surface area is 210 Å². The highest BCUT2D eigenvalue weighted by Gasteiger charge is 2.29. The van der Waals surface area contributed by atoms with Crippen molar-refractivity contribution >= 4 is 35.8 Å². The molecule has 2 N–H and O–H groups in total. The highest BCUT2D eigenvalue weighted by atomic mass is 127. The second-order valence-corrected chi connectivity index (χ2v) is 8.55. The van der Waals surface area contributed by atoms with Crippen molar-refractivity contribution < 1.29 is 9.53 Å². The highest BCUT2D eigenvalue weighted by molar-refractivity contribution is 14.0. The Morgan fingerprint density at radius 2 is 2.00 bits per heavy atom. The Bertz CT molecular complexity index is 699. The Morgan fingerprint density at radius 1 is 1.22 bits per heavy atom. The molecule has 7 nitrogen and oxygen atoms in total. The van der Waals surface area contributed by atoms with Crippen LogP contribution in [0.3, 0.4) is 0 Å². The lowest BCUT2D eigenvalue weighted by Gasteiger charge is -2.22. The van der Waals surface area contributed by atoms with Gasteiger partial charge in [0, 0.05) is 71.3 Å². The van der Waals surface area contributed by atoms with Crippen molar-refractivity contribution in [3.05, 3.63) is 35.9 Å². The standard InChI is InChI=1S/C24H39N5O2.HI/c1-3-25-24(26-12-14-28(15-16-31-2)22-9-10-22)27-18-21-17-23(30)29(19-21)13-11-20-7-5-4-6-8-20;/h4-8,21-22H,3,9-19H2,1-2H3,(H2,25,26,27);1H. The lowest BCUT2D eigenvalue weighted by Crippen LogP contribution is -2.43. The quantitative estimate of drug-likeness (QED) is 0.222. The van der Waals surface area contributed by atoms with Crippen LogP contribution in [0.4, 0.5) is 0 Å². The van der Waals surface area contributed by atoms with Crippen molar-refractivity contribution in [3.63, 3.8) is 0 Å². The predicted molar refractivity (Wildman–Crippen MR) is 141 cm³/mol. The van der Waals surface area contributed by atoms with E-state index in [4.69, 9.17) is 9.73 Å². The molecule has 1 saturated heterocycles. The van der Waals surface area contributed by atoms with E-state index in [-0.39, 0.29) is 29.9 Å². The van der Waals surface area contributed by atoms with E-state index in [9.17, 15) is 4.79 Å². The molecule has 1 aliphatic carbocycles. The predicted octanol–water partition coefficient (Wildman–Crippen LogP) is 2.36. The fraction of sp³-hybridized carbons (Fsp3) is 0.667. The fourth-order valence-electron chi connectivity index (χ4n) is 4.11. The number of aliphatic imine (C=N–C) groups is 1. The van der Waals surface area contributed by atoms with Crippen LogP contribution < -0.4 is 10.6 Å². The maximum atomic E-state index is 12.4. The summed E-state index contributed by atoms with van der Waals surface area (Å²) in [5, 5.41) is 6.80. The second-order valence-electron chi connectivity index (χ2n) is 8.55. The lowest BCUT2D eigenvalue weighted by atomic mass is 10.1. The van der Waals surface area contributed by atoms with Crippen LogP contribution in [0.2, 0.25) is 0 Å². The van der Waals surface area contributed by atoms with Crippen LogP contribution >= 0.6 is 24.0 Å². The molecule has 8 heteroatoms. The van der Waals surface area contributed by atoms with Gasteiger partial charge in [-0.15, -0.1) is 24.0 Å². The van der Waals surface area contributed by atoms with Crippen LogP contribution in [0.1, 0.15) is 31.7 Å². The fourth-order valence-corrected chi connectivity index (χ4v) is 4.11. The van der Waals surface area contributed by atoms with Crippen molar-refractivity contribution in [3.8, 4) is 0 Å². The number of nitrogens with zero attached hydrogens (tertiary/aromatic N) is 3. The number of likely N-dealkylation sites (tertiary alicyclic amines) is 1. The first-order chi connectivity index (χ1) is 15.2. The summed E-state index contributed by atoms with van der Waals surface area (Å²) in [7, 11) is 1.76. The minimum atomic E-state index is 0. The van der Waals surface area contributed by atoms with Crippen LogP contribution in [0.15, 0.2) is 35.3 Å². The average Bonchev–Trinajstić information content (AvgIpc) is 3.56. The summed E-state index contributed by atoms with van der Waals surface area (Å²) in [5.41, 5.74) is 1.28. The summed E-state index contributed by atoms with van der Waals surface area (Å²) in [6.45, 7) is 8.80. The number of rotatable bonds is 13. The molecule has 180 valence electrons. The van der Waals surface area contributed by atoms with Crippen molar-refractivity contribution in [2.24, 2.45) is 10.9 Å². The van der Waals surface area contributed by atoms with E-state index in [1.54, 1.807) is 7.11 Å². The molecule has 32 heavy (non-hydrogen) atoms. The third-order valence-corrected chi connectivity index (χ3v) is 6.00. The van der Waals surface area contributed by atoms with Gasteiger partial charge >= 0.3 is 0 Å². The number of hydrogen-bond acceptors (Lipinski definition) is 4. The topological polar surface area (TPSA) is 69.2 Å². The van der Waals surface area contributed by atoms with Gasteiger partial charge in [-0.1, -0.05) is 30.3 Å². The number of carbonyl (C=O) groups excluding carboxylic acids is 1. The Morgan fingerprint density at radius 3 is 2.69 bits per heavy atom. The van der Waals surface area contributed by atoms with E-state index in [0.717, 1.165) is 64.3 Å². The molecule has 3 rings (SSSR count).